The molecule has 0 radical (unpaired) electrons. The van der Waals surface area contributed by atoms with Crippen LogP contribution in [0.5, 0.6) is 0 Å². The lowest BCUT2D eigenvalue weighted by molar-refractivity contribution is -0.122. The van der Waals surface area contributed by atoms with E-state index in [4.69, 9.17) is 40.0 Å². The summed E-state index contributed by atoms with van der Waals surface area (Å²) in [5.74, 6) is -1.20. The number of alkyl carbamates (subject to hydrolysis) is 1. The van der Waals surface area contributed by atoms with E-state index in [-0.39, 0.29) is 88.7 Å². The van der Waals surface area contributed by atoms with Gasteiger partial charge in [0.1, 0.15) is 30.9 Å². The number of hydrogen-bond acceptors (Lipinski definition) is 13. The second kappa shape index (κ2) is 26.1. The molecule has 20 heteroatoms. The second-order valence-electron chi connectivity index (χ2n) is 14.6. The molecule has 4 rings (SSSR count). The third-order valence-electron chi connectivity index (χ3n) is 8.53. The Morgan fingerprint density at radius 3 is 2.11 bits per heavy atom. The van der Waals surface area contributed by atoms with Gasteiger partial charge in [-0.2, -0.15) is 0 Å². The number of benzene rings is 2. The van der Waals surface area contributed by atoms with Gasteiger partial charge in [0.05, 0.1) is 76.4 Å². The van der Waals surface area contributed by atoms with Crippen molar-refractivity contribution in [1.29, 1.82) is 0 Å². The zero-order chi connectivity index (χ0) is 44.7. The first-order valence-corrected chi connectivity index (χ1v) is 20.6. The molecule has 0 atom stereocenters. The molecule has 0 bridgehead atoms. The summed E-state index contributed by atoms with van der Waals surface area (Å²) in [7, 11) is 0. The van der Waals surface area contributed by atoms with Crippen LogP contribution >= 0.6 is 11.6 Å². The highest BCUT2D eigenvalue weighted by Gasteiger charge is 2.26. The number of imidazole rings is 1. The van der Waals surface area contributed by atoms with E-state index in [0.29, 0.717) is 73.7 Å². The van der Waals surface area contributed by atoms with Gasteiger partial charge < -0.3 is 49.3 Å². The molecule has 0 fully saturated rings. The summed E-state index contributed by atoms with van der Waals surface area (Å²) in [6.07, 6.45) is 1.99. The number of ether oxygens (including phenoxy) is 6. The van der Waals surface area contributed by atoms with E-state index in [9.17, 15) is 28.4 Å². The van der Waals surface area contributed by atoms with Crippen LogP contribution < -0.4 is 20.9 Å². The highest BCUT2D eigenvalue weighted by molar-refractivity contribution is 6.32. The van der Waals surface area contributed by atoms with E-state index in [2.05, 4.69) is 25.9 Å². The maximum Gasteiger partial charge on any atom is 0.419 e. The number of rotatable bonds is 25. The summed E-state index contributed by atoms with van der Waals surface area (Å²) >= 11 is 6.28. The van der Waals surface area contributed by atoms with Crippen LogP contribution in [0.2, 0.25) is 5.02 Å². The SMILES string of the molecule is CC(C)(C)OC(=O)NCCOCCOC(=O)n1cnc(CC(=O)NCCOCCOCCOCCNC(=O)CCCN2C(=O)CN=C(c3ccccc3F)c3cc(Cl)ccc32)c1. The molecule has 3 aromatic rings. The largest absolute Gasteiger partial charge is 0.446 e. The Bertz CT molecular complexity index is 1970. The molecule has 0 aliphatic carbocycles. The molecular formula is C42H55ClFN7O11. The first-order chi connectivity index (χ1) is 29.8. The van der Waals surface area contributed by atoms with Crippen molar-refractivity contribution in [3.05, 3.63) is 82.6 Å². The Hall–Kier alpha value is -5.47. The summed E-state index contributed by atoms with van der Waals surface area (Å²) in [5, 5.41) is 8.51. The van der Waals surface area contributed by atoms with E-state index in [1.54, 1.807) is 62.1 Å². The van der Waals surface area contributed by atoms with E-state index in [1.807, 2.05) is 0 Å². The number of aromatic nitrogens is 2. The number of nitrogens with one attached hydrogen (secondary N) is 3. The highest BCUT2D eigenvalue weighted by Crippen LogP contribution is 2.30. The average Bonchev–Trinajstić information content (AvgIpc) is 3.64. The first kappa shape index (κ1) is 49.2. The van der Waals surface area contributed by atoms with Crippen LogP contribution in [-0.2, 0) is 49.2 Å². The molecule has 4 amide bonds. The predicted molar refractivity (Wildman–Crippen MR) is 226 cm³/mol. The smallest absolute Gasteiger partial charge is 0.419 e. The molecule has 2 aromatic carbocycles. The van der Waals surface area contributed by atoms with Gasteiger partial charge in [0.15, 0.2) is 0 Å². The van der Waals surface area contributed by atoms with Crippen molar-refractivity contribution in [3.63, 3.8) is 0 Å². The quantitative estimate of drug-likeness (QED) is 0.104. The predicted octanol–water partition coefficient (Wildman–Crippen LogP) is 3.69. The van der Waals surface area contributed by atoms with Crippen molar-refractivity contribution >= 4 is 52.9 Å². The fourth-order valence-electron chi connectivity index (χ4n) is 5.75. The van der Waals surface area contributed by atoms with Crippen LogP contribution in [0.1, 0.15) is 50.4 Å². The molecule has 1 aliphatic rings. The van der Waals surface area contributed by atoms with Gasteiger partial charge in [-0.15, -0.1) is 0 Å². The number of halogens is 2. The molecule has 62 heavy (non-hydrogen) atoms. The monoisotopic (exact) mass is 887 g/mol. The molecule has 338 valence electrons. The van der Waals surface area contributed by atoms with Gasteiger partial charge in [0.2, 0.25) is 17.7 Å². The summed E-state index contributed by atoms with van der Waals surface area (Å²) in [4.78, 5) is 71.7. The van der Waals surface area contributed by atoms with Gasteiger partial charge >= 0.3 is 12.2 Å². The van der Waals surface area contributed by atoms with Crippen LogP contribution in [0.25, 0.3) is 0 Å². The minimum Gasteiger partial charge on any atom is -0.446 e. The van der Waals surface area contributed by atoms with Crippen LogP contribution in [0.3, 0.4) is 0 Å². The van der Waals surface area contributed by atoms with E-state index >= 15 is 0 Å². The zero-order valence-electron chi connectivity index (χ0n) is 35.3. The Morgan fingerprint density at radius 1 is 0.806 bits per heavy atom. The van der Waals surface area contributed by atoms with Gasteiger partial charge in [0.25, 0.3) is 0 Å². The number of carbonyl (C=O) groups excluding carboxylic acids is 5. The number of amides is 4. The summed E-state index contributed by atoms with van der Waals surface area (Å²) in [5.41, 5.74) is 1.51. The Balaban J connectivity index is 0.957. The summed E-state index contributed by atoms with van der Waals surface area (Å²) in [6.45, 7) is 8.40. The molecule has 2 heterocycles. The molecular weight excluding hydrogens is 833 g/mol. The lowest BCUT2D eigenvalue weighted by atomic mass is 9.99. The van der Waals surface area contributed by atoms with E-state index < -0.39 is 23.6 Å². The lowest BCUT2D eigenvalue weighted by Gasteiger charge is -2.23. The number of benzodiazepines with no additional fused rings is 1. The van der Waals surface area contributed by atoms with Crippen molar-refractivity contribution in [2.24, 2.45) is 4.99 Å². The van der Waals surface area contributed by atoms with Crippen LogP contribution in [-0.4, -0.2) is 143 Å². The van der Waals surface area contributed by atoms with Crippen LogP contribution in [0.4, 0.5) is 19.7 Å². The standard InChI is InChI=1S/C42H55ClFN7O11/c1-42(2,3)62-40(55)47-14-18-59-23-24-61-41(56)50-28-31(49-29-50)26-37(53)46-13-17-58-20-22-60-21-19-57-16-12-45-36(52)9-6-15-51-35-11-10-30(43)25-33(35)39(48-27-38(51)54)32-7-4-5-8-34(32)44/h4-5,7-8,10-11,25,28-29H,6,9,12-24,26-27H2,1-3H3,(H,45,52)(H,46,53)(H,47,55). The number of nitrogens with zero attached hydrogens (tertiary/aromatic N) is 4. The van der Waals surface area contributed by atoms with Gasteiger partial charge in [-0.3, -0.25) is 19.4 Å². The number of anilines is 1. The molecule has 0 saturated carbocycles. The average molecular weight is 888 g/mol. The first-order valence-electron chi connectivity index (χ1n) is 20.2. The minimum atomic E-state index is -0.672. The number of hydrogen-bond donors (Lipinski definition) is 3. The molecule has 0 spiro atoms. The summed E-state index contributed by atoms with van der Waals surface area (Å²) in [6, 6.07) is 11.3. The Morgan fingerprint density at radius 2 is 1.44 bits per heavy atom. The van der Waals surface area contributed by atoms with Crippen LogP contribution in [0.15, 0.2) is 60.0 Å². The van der Waals surface area contributed by atoms with Crippen molar-refractivity contribution in [1.82, 2.24) is 25.5 Å². The Labute approximate surface area is 364 Å². The lowest BCUT2D eigenvalue weighted by Crippen LogP contribution is -2.34. The minimum absolute atomic E-state index is 0.0109. The van der Waals surface area contributed by atoms with Crippen molar-refractivity contribution in [2.45, 2.75) is 45.6 Å². The third-order valence-corrected chi connectivity index (χ3v) is 8.77. The zero-order valence-corrected chi connectivity index (χ0v) is 36.0. The summed E-state index contributed by atoms with van der Waals surface area (Å²) < 4.78 is 47.9. The fourth-order valence-corrected chi connectivity index (χ4v) is 5.92. The van der Waals surface area contributed by atoms with Gasteiger partial charge in [0, 0.05) is 54.9 Å². The third kappa shape index (κ3) is 17.9. The van der Waals surface area contributed by atoms with Crippen LogP contribution in [0, 0.1) is 5.82 Å². The van der Waals surface area contributed by atoms with E-state index in [1.165, 1.54) is 18.6 Å². The molecule has 1 aliphatic heterocycles. The van der Waals surface area contributed by atoms with Crippen molar-refractivity contribution in [2.75, 3.05) is 97.1 Å². The maximum absolute atomic E-state index is 14.7. The highest BCUT2D eigenvalue weighted by atomic mass is 35.5. The van der Waals surface area contributed by atoms with Gasteiger partial charge in [-0.25, -0.2) is 23.5 Å². The number of fused-ring (bicyclic) bond motifs is 1. The van der Waals surface area contributed by atoms with Gasteiger partial charge in [-0.05, 0) is 57.5 Å². The molecule has 0 saturated heterocycles. The van der Waals surface area contributed by atoms with E-state index in [0.717, 1.165) is 4.57 Å². The molecule has 1 aromatic heterocycles. The number of carbonyl (C=O) groups is 5. The van der Waals surface area contributed by atoms with Crippen molar-refractivity contribution in [3.8, 4) is 0 Å². The molecule has 18 nitrogen and oxygen atoms in total. The normalized spacial score (nSPS) is 12.6. The Kier molecular flexibility index (Phi) is 20.7. The van der Waals surface area contributed by atoms with Crippen molar-refractivity contribution < 1.29 is 56.8 Å². The fraction of sp³-hybridized carbons (Fsp3) is 0.500. The molecule has 0 unspecified atom stereocenters. The molecule has 3 N–H and O–H groups in total. The number of aliphatic imine (C=N–C) groups is 1. The second-order valence-corrected chi connectivity index (χ2v) is 15.0. The topological polar surface area (TPSA) is 210 Å². The van der Waals surface area contributed by atoms with Gasteiger partial charge in [-0.1, -0.05) is 23.7 Å². The maximum atomic E-state index is 14.7.